The average molecular weight is 305 g/mol. The number of hydrogen-bond donors (Lipinski definition) is 2. The van der Waals surface area contributed by atoms with Crippen LogP contribution in [0.5, 0.6) is 0 Å². The van der Waals surface area contributed by atoms with Gasteiger partial charge in [0.05, 0.1) is 5.25 Å². The van der Waals surface area contributed by atoms with Crippen molar-refractivity contribution in [3.05, 3.63) is 11.2 Å². The van der Waals surface area contributed by atoms with Crippen molar-refractivity contribution in [1.82, 2.24) is 9.97 Å². The minimum absolute atomic E-state index is 0.0684. The number of nitrogens with one attached hydrogen (secondary N) is 1. The molecule has 0 saturated heterocycles. The van der Waals surface area contributed by atoms with E-state index >= 15 is 0 Å². The van der Waals surface area contributed by atoms with Gasteiger partial charge in [-0.05, 0) is 19.3 Å². The van der Waals surface area contributed by atoms with Crippen molar-refractivity contribution < 1.29 is 8.42 Å². The Hall–Kier alpha value is -1.08. The summed E-state index contributed by atoms with van der Waals surface area (Å²) in [4.78, 5) is 7.81. The van der Waals surface area contributed by atoms with E-state index in [0.717, 1.165) is 19.3 Å². The first-order chi connectivity index (χ1) is 8.84. The van der Waals surface area contributed by atoms with Crippen LogP contribution < -0.4 is 11.1 Å². The first kappa shape index (κ1) is 14.3. The van der Waals surface area contributed by atoms with E-state index in [2.05, 4.69) is 15.3 Å². The number of nitrogens with two attached hydrogens (primary N) is 1. The zero-order valence-corrected chi connectivity index (χ0v) is 12.2. The van der Waals surface area contributed by atoms with Gasteiger partial charge in [0.2, 0.25) is 5.95 Å². The molecule has 1 fully saturated rings. The summed E-state index contributed by atoms with van der Waals surface area (Å²) < 4.78 is 23.2. The number of nitrogen functional groups attached to an aromatic ring is 1. The van der Waals surface area contributed by atoms with Gasteiger partial charge in [-0.15, -0.1) is 0 Å². The molecule has 0 radical (unpaired) electrons. The molecule has 1 heterocycles. The zero-order valence-electron chi connectivity index (χ0n) is 10.6. The maximum atomic E-state index is 11.6. The molecule has 1 aromatic rings. The van der Waals surface area contributed by atoms with Crippen molar-refractivity contribution in [3.8, 4) is 0 Å². The maximum Gasteiger partial charge on any atom is 0.223 e. The fraction of sp³-hybridized carbons (Fsp3) is 0.636. The molecule has 2 rings (SSSR count). The number of halogens is 1. The maximum absolute atomic E-state index is 11.6. The largest absolute Gasteiger partial charge is 0.368 e. The lowest BCUT2D eigenvalue weighted by molar-refractivity contribution is 0.452. The molecule has 0 bridgehead atoms. The van der Waals surface area contributed by atoms with Crippen molar-refractivity contribution in [2.75, 3.05) is 17.3 Å². The number of aromatic nitrogens is 2. The summed E-state index contributed by atoms with van der Waals surface area (Å²) in [5.74, 6) is 0.641. The predicted octanol–water partition coefficient (Wildman–Crippen LogP) is 1.48. The monoisotopic (exact) mass is 304 g/mol. The third-order valence-corrected chi connectivity index (χ3v) is 5.13. The Morgan fingerprint density at radius 2 is 2.16 bits per heavy atom. The molecular formula is C11H17ClN4O2S. The highest BCUT2D eigenvalue weighted by Crippen LogP contribution is 2.26. The summed E-state index contributed by atoms with van der Waals surface area (Å²) in [6.45, 7) is 0. The van der Waals surface area contributed by atoms with Crippen LogP contribution in [0.1, 0.15) is 25.7 Å². The summed E-state index contributed by atoms with van der Waals surface area (Å²) >= 11 is 5.80. The van der Waals surface area contributed by atoms with Gasteiger partial charge < -0.3 is 11.1 Å². The van der Waals surface area contributed by atoms with Crippen LogP contribution in [-0.2, 0) is 9.84 Å². The van der Waals surface area contributed by atoms with E-state index in [-0.39, 0.29) is 22.4 Å². The van der Waals surface area contributed by atoms with Crippen molar-refractivity contribution in [3.63, 3.8) is 0 Å². The Morgan fingerprint density at radius 1 is 1.42 bits per heavy atom. The van der Waals surface area contributed by atoms with Crippen LogP contribution in [0, 0.1) is 0 Å². The number of sulfone groups is 1. The van der Waals surface area contributed by atoms with E-state index in [1.54, 1.807) is 6.07 Å². The van der Waals surface area contributed by atoms with Crippen LogP contribution >= 0.6 is 11.6 Å². The molecule has 1 aromatic heterocycles. The molecule has 0 amide bonds. The first-order valence-corrected chi connectivity index (χ1v) is 8.43. The van der Waals surface area contributed by atoms with Gasteiger partial charge >= 0.3 is 0 Å². The Kier molecular flexibility index (Phi) is 4.15. The summed E-state index contributed by atoms with van der Waals surface area (Å²) in [5.41, 5.74) is 5.52. The summed E-state index contributed by atoms with van der Waals surface area (Å²) in [5, 5.41) is 3.17. The summed E-state index contributed by atoms with van der Waals surface area (Å²) in [7, 11) is -2.99. The van der Waals surface area contributed by atoms with Gasteiger partial charge in [-0.2, -0.15) is 4.98 Å². The van der Waals surface area contributed by atoms with E-state index in [4.69, 9.17) is 17.3 Å². The third-order valence-electron chi connectivity index (χ3n) is 3.30. The lowest BCUT2D eigenvalue weighted by Gasteiger charge is -2.29. The van der Waals surface area contributed by atoms with E-state index < -0.39 is 9.84 Å². The molecule has 0 aromatic carbocycles. The van der Waals surface area contributed by atoms with Crippen LogP contribution in [0.15, 0.2) is 6.07 Å². The molecule has 1 saturated carbocycles. The quantitative estimate of drug-likeness (QED) is 0.821. The minimum Gasteiger partial charge on any atom is -0.368 e. The molecule has 8 heteroatoms. The molecule has 0 spiro atoms. The number of nitrogens with zero attached hydrogens (tertiary/aromatic N) is 2. The van der Waals surface area contributed by atoms with Crippen molar-refractivity contribution in [2.45, 2.75) is 37.0 Å². The highest BCUT2D eigenvalue weighted by atomic mass is 35.5. The van der Waals surface area contributed by atoms with Gasteiger partial charge in [0.1, 0.15) is 20.8 Å². The lowest BCUT2D eigenvalue weighted by Crippen LogP contribution is -2.34. The Balaban J connectivity index is 2.06. The molecule has 1 aliphatic carbocycles. The highest BCUT2D eigenvalue weighted by Gasteiger charge is 2.28. The number of hydrogen-bond acceptors (Lipinski definition) is 6. The average Bonchev–Trinajstić information content (AvgIpc) is 2.26. The molecule has 0 aliphatic heterocycles. The first-order valence-electron chi connectivity index (χ1n) is 6.10. The summed E-state index contributed by atoms with van der Waals surface area (Å²) in [6.07, 6.45) is 4.39. The highest BCUT2D eigenvalue weighted by molar-refractivity contribution is 7.91. The van der Waals surface area contributed by atoms with Crippen LogP contribution in [0.2, 0.25) is 5.15 Å². The predicted molar refractivity (Wildman–Crippen MR) is 76.0 cm³/mol. The Morgan fingerprint density at radius 3 is 2.79 bits per heavy atom. The van der Waals surface area contributed by atoms with Crippen LogP contribution in [0.25, 0.3) is 0 Å². The van der Waals surface area contributed by atoms with Crippen molar-refractivity contribution >= 4 is 33.2 Å². The smallest absolute Gasteiger partial charge is 0.223 e. The van der Waals surface area contributed by atoms with Gasteiger partial charge in [-0.3, -0.25) is 0 Å². The fourth-order valence-electron chi connectivity index (χ4n) is 2.38. The van der Waals surface area contributed by atoms with Gasteiger partial charge in [0.15, 0.2) is 0 Å². The van der Waals surface area contributed by atoms with E-state index in [1.165, 1.54) is 6.26 Å². The second kappa shape index (κ2) is 5.50. The van der Waals surface area contributed by atoms with E-state index in [0.29, 0.717) is 12.2 Å². The second-order valence-electron chi connectivity index (χ2n) is 4.89. The zero-order chi connectivity index (χ0) is 14.0. The SMILES string of the molecule is CS(=O)(=O)C1CCCC(Nc2cc(Cl)nc(N)n2)C1. The van der Waals surface area contributed by atoms with Gasteiger partial charge in [-0.1, -0.05) is 18.0 Å². The van der Waals surface area contributed by atoms with Gasteiger partial charge in [-0.25, -0.2) is 13.4 Å². The van der Waals surface area contributed by atoms with Crippen LogP contribution in [0.3, 0.4) is 0 Å². The molecular weight excluding hydrogens is 288 g/mol. The molecule has 19 heavy (non-hydrogen) atoms. The molecule has 3 N–H and O–H groups in total. The van der Waals surface area contributed by atoms with Crippen LogP contribution in [-0.4, -0.2) is 35.9 Å². The van der Waals surface area contributed by atoms with Gasteiger partial charge in [0, 0.05) is 18.4 Å². The lowest BCUT2D eigenvalue weighted by atomic mass is 9.95. The van der Waals surface area contributed by atoms with Gasteiger partial charge in [0.25, 0.3) is 0 Å². The number of rotatable bonds is 3. The Bertz CT molecular complexity index is 544. The molecule has 2 atom stereocenters. The molecule has 6 nitrogen and oxygen atoms in total. The molecule has 106 valence electrons. The van der Waals surface area contributed by atoms with Crippen molar-refractivity contribution in [1.29, 1.82) is 0 Å². The Labute approximate surface area is 117 Å². The fourth-order valence-corrected chi connectivity index (χ4v) is 3.75. The van der Waals surface area contributed by atoms with Crippen molar-refractivity contribution in [2.24, 2.45) is 0 Å². The minimum atomic E-state index is -2.99. The normalized spacial score (nSPS) is 24.1. The van der Waals surface area contributed by atoms with E-state index in [9.17, 15) is 8.42 Å². The molecule has 2 unspecified atom stereocenters. The summed E-state index contributed by atoms with van der Waals surface area (Å²) in [6, 6.07) is 1.65. The third kappa shape index (κ3) is 3.94. The standard InChI is InChI=1S/C11H17ClN4O2S/c1-19(17,18)8-4-2-3-7(5-8)14-10-6-9(12)15-11(13)16-10/h6-8H,2-5H2,1H3,(H3,13,14,15,16). The van der Waals surface area contributed by atoms with Crippen LogP contribution in [0.4, 0.5) is 11.8 Å². The second-order valence-corrected chi connectivity index (χ2v) is 7.61. The van der Waals surface area contributed by atoms with E-state index in [1.807, 2.05) is 0 Å². The topological polar surface area (TPSA) is 98.0 Å². The molecule has 1 aliphatic rings. The number of anilines is 2.